The Bertz CT molecular complexity index is 448. The molecule has 0 unspecified atom stereocenters. The molecule has 0 aliphatic rings. The van der Waals surface area contributed by atoms with E-state index in [9.17, 15) is 13.2 Å². The molecule has 1 N–H and O–H groups in total. The summed E-state index contributed by atoms with van der Waals surface area (Å²) in [5, 5.41) is 8.44. The fourth-order valence-electron chi connectivity index (χ4n) is 0.928. The minimum atomic E-state index is -3.18. The average Bonchev–Trinajstić information content (AvgIpc) is 2.14. The molecular formula is C9H10O4S2. The van der Waals surface area contributed by atoms with E-state index in [0.717, 1.165) is 22.9 Å². The average molecular weight is 246 g/mol. The summed E-state index contributed by atoms with van der Waals surface area (Å²) in [6.07, 6.45) is 1.13. The summed E-state index contributed by atoms with van der Waals surface area (Å²) in [6, 6.07) is 6.15. The summed E-state index contributed by atoms with van der Waals surface area (Å²) in [7, 11) is -3.18. The topological polar surface area (TPSA) is 71.4 Å². The Morgan fingerprint density at radius 1 is 1.33 bits per heavy atom. The van der Waals surface area contributed by atoms with Gasteiger partial charge in [-0.25, -0.2) is 8.42 Å². The summed E-state index contributed by atoms with van der Waals surface area (Å²) in [6.45, 7) is 0. The van der Waals surface area contributed by atoms with E-state index in [0.29, 0.717) is 0 Å². The van der Waals surface area contributed by atoms with Crippen LogP contribution in [0.25, 0.3) is 0 Å². The van der Waals surface area contributed by atoms with Crippen LogP contribution in [0.15, 0.2) is 34.1 Å². The Morgan fingerprint density at radius 3 is 2.27 bits per heavy atom. The Balaban J connectivity index is 2.77. The molecule has 0 amide bonds. The molecule has 0 heterocycles. The molecule has 0 aliphatic heterocycles. The first-order valence-corrected chi connectivity index (χ1v) is 6.92. The second-order valence-electron chi connectivity index (χ2n) is 2.93. The SMILES string of the molecule is CS(=O)(=O)c1ccc(SCC(=O)O)cc1. The van der Waals surface area contributed by atoms with Crippen molar-refractivity contribution in [2.45, 2.75) is 9.79 Å². The summed E-state index contributed by atoms with van der Waals surface area (Å²) >= 11 is 1.15. The van der Waals surface area contributed by atoms with Crippen molar-refractivity contribution in [3.8, 4) is 0 Å². The van der Waals surface area contributed by atoms with Crippen molar-refractivity contribution in [2.24, 2.45) is 0 Å². The van der Waals surface area contributed by atoms with Crippen LogP contribution >= 0.6 is 11.8 Å². The number of carbonyl (C=O) groups is 1. The van der Waals surface area contributed by atoms with E-state index in [2.05, 4.69) is 0 Å². The zero-order valence-electron chi connectivity index (χ0n) is 8.00. The number of aliphatic carboxylic acids is 1. The predicted molar refractivity (Wildman–Crippen MR) is 57.9 cm³/mol. The molecule has 0 radical (unpaired) electrons. The molecule has 15 heavy (non-hydrogen) atoms. The maximum Gasteiger partial charge on any atom is 0.313 e. The van der Waals surface area contributed by atoms with Crippen molar-refractivity contribution >= 4 is 27.6 Å². The van der Waals surface area contributed by atoms with Gasteiger partial charge in [-0.15, -0.1) is 11.8 Å². The van der Waals surface area contributed by atoms with Crippen LogP contribution in [0.5, 0.6) is 0 Å². The first-order valence-electron chi connectivity index (χ1n) is 4.04. The molecule has 82 valence electrons. The highest BCUT2D eigenvalue weighted by Gasteiger charge is 2.06. The highest BCUT2D eigenvalue weighted by atomic mass is 32.2. The first-order chi connectivity index (χ1) is 6.89. The second kappa shape index (κ2) is 4.67. The van der Waals surface area contributed by atoms with Gasteiger partial charge >= 0.3 is 5.97 Å². The largest absolute Gasteiger partial charge is 0.481 e. The van der Waals surface area contributed by atoms with Crippen molar-refractivity contribution in [2.75, 3.05) is 12.0 Å². The van der Waals surface area contributed by atoms with Crippen molar-refractivity contribution in [1.29, 1.82) is 0 Å². The first kappa shape index (κ1) is 12.1. The van der Waals surface area contributed by atoms with Crippen LogP contribution in [0.1, 0.15) is 0 Å². The van der Waals surface area contributed by atoms with Crippen LogP contribution in [0, 0.1) is 0 Å². The molecule has 0 aliphatic carbocycles. The molecule has 0 spiro atoms. The lowest BCUT2D eigenvalue weighted by atomic mass is 10.4. The number of hydrogen-bond acceptors (Lipinski definition) is 4. The molecule has 6 heteroatoms. The van der Waals surface area contributed by atoms with E-state index in [1.165, 1.54) is 12.1 Å². The van der Waals surface area contributed by atoms with Gasteiger partial charge in [-0.1, -0.05) is 0 Å². The molecule has 0 aromatic heterocycles. The van der Waals surface area contributed by atoms with Crippen molar-refractivity contribution in [3.63, 3.8) is 0 Å². The third kappa shape index (κ3) is 3.93. The molecule has 0 atom stereocenters. The zero-order chi connectivity index (χ0) is 11.5. The minimum Gasteiger partial charge on any atom is -0.481 e. The lowest BCUT2D eigenvalue weighted by Gasteiger charge is -2.00. The maximum absolute atomic E-state index is 11.1. The Morgan fingerprint density at radius 2 is 1.87 bits per heavy atom. The lowest BCUT2D eigenvalue weighted by Crippen LogP contribution is -1.98. The Hall–Kier alpha value is -1.01. The zero-order valence-corrected chi connectivity index (χ0v) is 9.64. The van der Waals surface area contributed by atoms with Gasteiger partial charge in [0.1, 0.15) is 0 Å². The predicted octanol–water partition coefficient (Wildman–Crippen LogP) is 1.27. The van der Waals surface area contributed by atoms with Gasteiger partial charge in [0, 0.05) is 11.2 Å². The van der Waals surface area contributed by atoms with E-state index >= 15 is 0 Å². The van der Waals surface area contributed by atoms with Crippen LogP contribution < -0.4 is 0 Å². The van der Waals surface area contributed by atoms with E-state index in [-0.39, 0.29) is 10.6 Å². The van der Waals surface area contributed by atoms with Gasteiger partial charge in [-0.2, -0.15) is 0 Å². The molecule has 1 rings (SSSR count). The quantitative estimate of drug-likeness (QED) is 0.810. The second-order valence-corrected chi connectivity index (χ2v) is 5.99. The molecule has 0 fully saturated rings. The summed E-state index contributed by atoms with van der Waals surface area (Å²) in [4.78, 5) is 11.3. The third-order valence-electron chi connectivity index (χ3n) is 1.61. The molecule has 0 bridgehead atoms. The van der Waals surface area contributed by atoms with Gasteiger partial charge in [0.25, 0.3) is 0 Å². The number of sulfone groups is 1. The third-order valence-corrected chi connectivity index (χ3v) is 3.74. The van der Waals surface area contributed by atoms with Crippen LogP contribution in [-0.4, -0.2) is 31.5 Å². The number of hydrogen-bond donors (Lipinski definition) is 1. The standard InChI is InChI=1S/C9H10O4S2/c1-15(12,13)8-4-2-7(3-5-8)14-6-9(10)11/h2-5H,6H2,1H3,(H,10,11). The van der Waals surface area contributed by atoms with Gasteiger partial charge in [0.05, 0.1) is 10.6 Å². The van der Waals surface area contributed by atoms with Gasteiger partial charge < -0.3 is 5.11 Å². The van der Waals surface area contributed by atoms with Gasteiger partial charge in [-0.05, 0) is 24.3 Å². The van der Waals surface area contributed by atoms with Crippen LogP contribution in [-0.2, 0) is 14.6 Å². The number of carboxylic acids is 1. The fourth-order valence-corrected chi connectivity index (χ4v) is 2.18. The number of rotatable bonds is 4. The highest BCUT2D eigenvalue weighted by Crippen LogP contribution is 2.19. The monoisotopic (exact) mass is 246 g/mol. The highest BCUT2D eigenvalue weighted by molar-refractivity contribution is 8.00. The van der Waals surface area contributed by atoms with Gasteiger partial charge in [0.15, 0.2) is 9.84 Å². The van der Waals surface area contributed by atoms with Crippen molar-refractivity contribution < 1.29 is 18.3 Å². The molecule has 1 aromatic rings. The normalized spacial score (nSPS) is 11.3. The van der Waals surface area contributed by atoms with Crippen LogP contribution in [0.2, 0.25) is 0 Å². The Kier molecular flexibility index (Phi) is 3.76. The molecule has 0 saturated carbocycles. The minimum absolute atomic E-state index is 0.0295. The summed E-state index contributed by atoms with van der Waals surface area (Å²) in [5.41, 5.74) is 0. The van der Waals surface area contributed by atoms with E-state index in [4.69, 9.17) is 5.11 Å². The summed E-state index contributed by atoms with van der Waals surface area (Å²) in [5.74, 6) is -0.926. The molecule has 0 saturated heterocycles. The van der Waals surface area contributed by atoms with Crippen molar-refractivity contribution in [1.82, 2.24) is 0 Å². The number of benzene rings is 1. The molecule has 4 nitrogen and oxygen atoms in total. The van der Waals surface area contributed by atoms with E-state index < -0.39 is 15.8 Å². The van der Waals surface area contributed by atoms with Gasteiger partial charge in [0.2, 0.25) is 0 Å². The molecule has 1 aromatic carbocycles. The van der Waals surface area contributed by atoms with Crippen molar-refractivity contribution in [3.05, 3.63) is 24.3 Å². The van der Waals surface area contributed by atoms with E-state index in [1.807, 2.05) is 0 Å². The number of thioether (sulfide) groups is 1. The summed E-state index contributed by atoms with van der Waals surface area (Å²) < 4.78 is 22.2. The van der Waals surface area contributed by atoms with Crippen LogP contribution in [0.4, 0.5) is 0 Å². The smallest absolute Gasteiger partial charge is 0.313 e. The maximum atomic E-state index is 11.1. The number of carboxylic acid groups (broad SMARTS) is 1. The van der Waals surface area contributed by atoms with E-state index in [1.54, 1.807) is 12.1 Å². The fraction of sp³-hybridized carbons (Fsp3) is 0.222. The van der Waals surface area contributed by atoms with Gasteiger partial charge in [-0.3, -0.25) is 4.79 Å². The Labute approximate surface area is 92.2 Å². The van der Waals surface area contributed by atoms with Crippen LogP contribution in [0.3, 0.4) is 0 Å². The molecular weight excluding hydrogens is 236 g/mol. The lowest BCUT2D eigenvalue weighted by molar-refractivity contribution is -0.133.